The first-order valence-corrected chi connectivity index (χ1v) is 9.73. The van der Waals surface area contributed by atoms with E-state index in [0.29, 0.717) is 22.4 Å². The van der Waals surface area contributed by atoms with Gasteiger partial charge in [-0.15, -0.1) is 0 Å². The number of aromatic nitrogens is 2. The smallest absolute Gasteiger partial charge is 0.196 e. The predicted molar refractivity (Wildman–Crippen MR) is 104 cm³/mol. The maximum atomic E-state index is 14.1. The number of fused-ring (bicyclic) bond motifs is 2. The number of methoxy groups -OCH3 is 1. The van der Waals surface area contributed by atoms with Crippen molar-refractivity contribution in [2.24, 2.45) is 0 Å². The zero-order valence-corrected chi connectivity index (χ0v) is 16.6. The molecule has 168 valence electrons. The Hall–Kier alpha value is -3.18. The minimum atomic E-state index is -1.59. The van der Waals surface area contributed by atoms with Gasteiger partial charge in [0.15, 0.2) is 41.2 Å². The Morgan fingerprint density at radius 1 is 1.00 bits per heavy atom. The number of rotatable bonds is 5. The highest BCUT2D eigenvalue weighted by Gasteiger charge is 2.49. The van der Waals surface area contributed by atoms with Crippen LogP contribution in [0.3, 0.4) is 0 Å². The lowest BCUT2D eigenvalue weighted by Crippen LogP contribution is -2.33. The molecule has 11 heteroatoms. The van der Waals surface area contributed by atoms with Gasteiger partial charge in [-0.3, -0.25) is 0 Å². The number of ether oxygens (including phenoxy) is 4. The molecule has 2 aliphatic heterocycles. The Balaban J connectivity index is 1.47. The lowest BCUT2D eigenvalue weighted by atomic mass is 10.1. The monoisotopic (exact) mass is 451 g/mol. The first-order chi connectivity index (χ1) is 15.5. The average molecular weight is 451 g/mol. The standard InChI is InChI=1S/C21H17F4N3O4/c1-29-14-4-9-13(5-15(14)32-16-7-31-19-11(23)6-30-20(16)19)26-8-27-21(9)28-12-3-2-10(22)17(24)18(12)25/h2-5,8,11,16,19-20H,6-7H2,1H3,(H,26,27,28)/t11?,16?,19-,20-/m0/s1. The topological polar surface area (TPSA) is 74.7 Å². The van der Waals surface area contributed by atoms with Crippen LogP contribution in [0.4, 0.5) is 29.1 Å². The summed E-state index contributed by atoms with van der Waals surface area (Å²) in [7, 11) is 1.43. The second kappa shape index (κ2) is 8.06. The van der Waals surface area contributed by atoms with Gasteiger partial charge in [0.25, 0.3) is 0 Å². The molecule has 0 bridgehead atoms. The molecule has 2 aliphatic rings. The summed E-state index contributed by atoms with van der Waals surface area (Å²) >= 11 is 0. The summed E-state index contributed by atoms with van der Waals surface area (Å²) in [6.45, 7) is 0.107. The third kappa shape index (κ3) is 3.47. The number of benzene rings is 2. The van der Waals surface area contributed by atoms with Crippen molar-refractivity contribution >= 4 is 22.4 Å². The molecule has 2 unspecified atom stereocenters. The molecule has 5 rings (SSSR count). The maximum Gasteiger partial charge on any atom is 0.196 e. The van der Waals surface area contributed by atoms with Crippen LogP contribution in [0.1, 0.15) is 0 Å². The van der Waals surface area contributed by atoms with E-state index in [2.05, 4.69) is 15.3 Å². The molecule has 0 spiro atoms. The third-order valence-electron chi connectivity index (χ3n) is 5.43. The van der Waals surface area contributed by atoms with E-state index in [9.17, 15) is 17.6 Å². The number of hydrogen-bond acceptors (Lipinski definition) is 7. The molecular formula is C21H17F4N3O4. The fraction of sp³-hybridized carbons (Fsp3) is 0.333. The number of nitrogens with zero attached hydrogens (tertiary/aromatic N) is 2. The van der Waals surface area contributed by atoms with Crippen molar-refractivity contribution in [3.8, 4) is 11.5 Å². The normalized spacial score (nSPS) is 24.5. The predicted octanol–water partition coefficient (Wildman–Crippen LogP) is 3.68. The molecular weight excluding hydrogens is 434 g/mol. The maximum absolute atomic E-state index is 14.1. The molecule has 0 amide bonds. The molecule has 32 heavy (non-hydrogen) atoms. The SMILES string of the molecule is COc1cc2c(Nc3ccc(F)c(F)c3F)ncnc2cc1OC1CO[C@H]2C(F)CO[C@@H]12. The van der Waals surface area contributed by atoms with Crippen molar-refractivity contribution in [3.63, 3.8) is 0 Å². The minimum Gasteiger partial charge on any atom is -0.493 e. The van der Waals surface area contributed by atoms with Gasteiger partial charge in [-0.05, 0) is 18.2 Å². The van der Waals surface area contributed by atoms with Crippen LogP contribution >= 0.6 is 0 Å². The summed E-state index contributed by atoms with van der Waals surface area (Å²) in [5.41, 5.74) is 0.115. The summed E-state index contributed by atoms with van der Waals surface area (Å²) in [5, 5.41) is 3.07. The first-order valence-electron chi connectivity index (χ1n) is 9.73. The summed E-state index contributed by atoms with van der Waals surface area (Å²) in [4.78, 5) is 8.26. The molecule has 3 aromatic rings. The van der Waals surface area contributed by atoms with Gasteiger partial charge in [-0.25, -0.2) is 27.5 Å². The van der Waals surface area contributed by atoms with Crippen molar-refractivity contribution in [3.05, 3.63) is 48.0 Å². The van der Waals surface area contributed by atoms with Gasteiger partial charge in [0, 0.05) is 11.5 Å². The molecule has 2 saturated heterocycles. The molecule has 2 aromatic carbocycles. The highest BCUT2D eigenvalue weighted by molar-refractivity contribution is 5.93. The van der Waals surface area contributed by atoms with Crippen molar-refractivity contribution in [2.75, 3.05) is 25.6 Å². The third-order valence-corrected chi connectivity index (χ3v) is 5.43. The van der Waals surface area contributed by atoms with E-state index in [1.807, 2.05) is 0 Å². The van der Waals surface area contributed by atoms with E-state index in [1.165, 1.54) is 13.4 Å². The fourth-order valence-electron chi connectivity index (χ4n) is 3.85. The quantitative estimate of drug-likeness (QED) is 0.469. The summed E-state index contributed by atoms with van der Waals surface area (Å²) < 4.78 is 77.1. The molecule has 0 aliphatic carbocycles. The van der Waals surface area contributed by atoms with Gasteiger partial charge >= 0.3 is 0 Å². The van der Waals surface area contributed by atoms with E-state index < -0.39 is 41.9 Å². The van der Waals surface area contributed by atoms with Crippen LogP contribution in [0.15, 0.2) is 30.6 Å². The second-order valence-corrected chi connectivity index (χ2v) is 7.36. The van der Waals surface area contributed by atoms with Gasteiger partial charge in [0.1, 0.15) is 24.4 Å². The molecule has 3 heterocycles. The van der Waals surface area contributed by atoms with Crippen LogP contribution in [-0.2, 0) is 9.47 Å². The van der Waals surface area contributed by atoms with Crippen LogP contribution in [0, 0.1) is 17.5 Å². The molecule has 7 nitrogen and oxygen atoms in total. The van der Waals surface area contributed by atoms with Crippen molar-refractivity contribution in [1.29, 1.82) is 0 Å². The highest BCUT2D eigenvalue weighted by Crippen LogP contribution is 2.38. The van der Waals surface area contributed by atoms with Crippen LogP contribution in [0.25, 0.3) is 10.9 Å². The number of anilines is 2. The molecule has 4 atom stereocenters. The lowest BCUT2D eigenvalue weighted by molar-refractivity contribution is 0.0271. The molecule has 1 aromatic heterocycles. The van der Waals surface area contributed by atoms with Crippen LogP contribution in [-0.4, -0.2) is 54.8 Å². The number of nitrogens with one attached hydrogen (secondary N) is 1. The molecule has 0 saturated carbocycles. The Morgan fingerprint density at radius 2 is 1.81 bits per heavy atom. The minimum absolute atomic E-state index is 0.0488. The zero-order valence-electron chi connectivity index (χ0n) is 16.6. The van der Waals surface area contributed by atoms with Crippen LogP contribution < -0.4 is 14.8 Å². The summed E-state index contributed by atoms with van der Waals surface area (Å²) in [6.07, 6.45) is -1.73. The van der Waals surface area contributed by atoms with Crippen molar-refractivity contribution < 1.29 is 36.5 Å². The zero-order chi connectivity index (χ0) is 22.4. The van der Waals surface area contributed by atoms with E-state index >= 15 is 0 Å². The van der Waals surface area contributed by atoms with E-state index in [-0.39, 0.29) is 24.7 Å². The van der Waals surface area contributed by atoms with Gasteiger partial charge < -0.3 is 24.3 Å². The molecule has 1 N–H and O–H groups in total. The van der Waals surface area contributed by atoms with Crippen molar-refractivity contribution in [1.82, 2.24) is 9.97 Å². The number of hydrogen-bond donors (Lipinski definition) is 1. The van der Waals surface area contributed by atoms with E-state index in [4.69, 9.17) is 18.9 Å². The number of alkyl halides is 1. The largest absolute Gasteiger partial charge is 0.493 e. The fourth-order valence-corrected chi connectivity index (χ4v) is 3.85. The van der Waals surface area contributed by atoms with Gasteiger partial charge in [-0.2, -0.15) is 0 Å². The Morgan fingerprint density at radius 3 is 2.62 bits per heavy atom. The lowest BCUT2D eigenvalue weighted by Gasteiger charge is -2.20. The Labute approximate surface area is 179 Å². The van der Waals surface area contributed by atoms with Crippen molar-refractivity contribution in [2.45, 2.75) is 24.5 Å². The van der Waals surface area contributed by atoms with Gasteiger partial charge in [-0.1, -0.05) is 0 Å². The van der Waals surface area contributed by atoms with E-state index in [1.54, 1.807) is 12.1 Å². The second-order valence-electron chi connectivity index (χ2n) is 7.36. The Kier molecular flexibility index (Phi) is 5.22. The van der Waals surface area contributed by atoms with Gasteiger partial charge in [0.05, 0.1) is 31.5 Å². The Bertz CT molecular complexity index is 1180. The number of halogens is 4. The summed E-state index contributed by atoms with van der Waals surface area (Å²) in [6, 6.07) is 5.01. The van der Waals surface area contributed by atoms with Crippen LogP contribution in [0.2, 0.25) is 0 Å². The van der Waals surface area contributed by atoms with Crippen LogP contribution in [0.5, 0.6) is 11.5 Å². The first kappa shape index (κ1) is 20.7. The highest BCUT2D eigenvalue weighted by atomic mass is 19.2. The van der Waals surface area contributed by atoms with E-state index in [0.717, 1.165) is 12.1 Å². The van der Waals surface area contributed by atoms with Gasteiger partial charge in [0.2, 0.25) is 0 Å². The summed E-state index contributed by atoms with van der Waals surface area (Å²) in [5.74, 6) is -3.49. The molecule has 0 radical (unpaired) electrons. The average Bonchev–Trinajstić information content (AvgIpc) is 3.37. The molecule has 2 fully saturated rings.